The molecule has 0 aromatic rings. The van der Waals surface area contributed by atoms with Crippen LogP contribution in [0.5, 0.6) is 0 Å². The summed E-state index contributed by atoms with van der Waals surface area (Å²) in [6, 6.07) is 0. The summed E-state index contributed by atoms with van der Waals surface area (Å²) in [5.74, 6) is 0.937. The van der Waals surface area contributed by atoms with Gasteiger partial charge in [-0.05, 0) is 58.9 Å². The molecule has 1 amide bonds. The predicted octanol–water partition coefficient (Wildman–Crippen LogP) is 0.0672. The Balaban J connectivity index is 2.22. The average Bonchev–Trinajstić information content (AvgIpc) is 2.38. The van der Waals surface area contributed by atoms with E-state index in [2.05, 4.69) is 16.8 Å². The lowest BCUT2D eigenvalue weighted by molar-refractivity contribution is -0.131. The third-order valence-corrected chi connectivity index (χ3v) is 3.94. The summed E-state index contributed by atoms with van der Waals surface area (Å²) in [6.07, 6.45) is 3.37. The lowest BCUT2D eigenvalue weighted by atomic mass is 9.97. The number of hydrogen-bond acceptors (Lipinski definition) is 4. The van der Waals surface area contributed by atoms with Crippen molar-refractivity contribution in [1.29, 1.82) is 0 Å². The molecule has 0 aromatic carbocycles. The van der Waals surface area contributed by atoms with Crippen LogP contribution in [-0.2, 0) is 4.79 Å². The third kappa shape index (κ3) is 6.36. The van der Waals surface area contributed by atoms with Crippen LogP contribution in [0.3, 0.4) is 0 Å². The number of hydrogen-bond donors (Lipinski definition) is 1. The number of carbonyl (C=O) groups excluding carboxylic acids is 1. The van der Waals surface area contributed by atoms with Gasteiger partial charge in [0.1, 0.15) is 0 Å². The van der Waals surface area contributed by atoms with Crippen LogP contribution in [0.25, 0.3) is 0 Å². The van der Waals surface area contributed by atoms with Gasteiger partial charge in [0.2, 0.25) is 5.91 Å². The topological polar surface area (TPSA) is 52.8 Å². The number of nitrogens with zero attached hydrogens (tertiary/aromatic N) is 3. The van der Waals surface area contributed by atoms with Crippen LogP contribution >= 0.6 is 0 Å². The molecule has 0 atom stereocenters. The Morgan fingerprint density at radius 3 is 2.53 bits per heavy atom. The fourth-order valence-electron chi connectivity index (χ4n) is 2.55. The van der Waals surface area contributed by atoms with Gasteiger partial charge in [-0.3, -0.25) is 9.69 Å². The normalized spacial score (nSPS) is 17.9. The molecule has 0 aliphatic carbocycles. The third-order valence-electron chi connectivity index (χ3n) is 3.94. The highest BCUT2D eigenvalue weighted by atomic mass is 16.2. The lowest BCUT2D eigenvalue weighted by Crippen LogP contribution is -2.41. The molecule has 2 N–H and O–H groups in total. The maximum Gasteiger partial charge on any atom is 0.236 e. The van der Waals surface area contributed by atoms with Gasteiger partial charge in [0.15, 0.2) is 0 Å². The number of amides is 1. The van der Waals surface area contributed by atoms with Gasteiger partial charge in [0.05, 0.1) is 6.54 Å². The molecular formula is C14H30N4O. The van der Waals surface area contributed by atoms with E-state index in [1.165, 1.54) is 25.9 Å². The number of carbonyl (C=O) groups is 1. The SMILES string of the molecule is CN1CCC(CN(C)CC(=O)N(C)CCCN)CC1. The van der Waals surface area contributed by atoms with E-state index in [1.54, 1.807) is 4.90 Å². The van der Waals surface area contributed by atoms with Gasteiger partial charge >= 0.3 is 0 Å². The zero-order chi connectivity index (χ0) is 14.3. The highest BCUT2D eigenvalue weighted by Crippen LogP contribution is 2.16. The highest BCUT2D eigenvalue weighted by Gasteiger charge is 2.19. The van der Waals surface area contributed by atoms with Gasteiger partial charge < -0.3 is 15.5 Å². The fraction of sp³-hybridized carbons (Fsp3) is 0.929. The van der Waals surface area contributed by atoms with Crippen molar-refractivity contribution in [2.75, 3.05) is 60.4 Å². The summed E-state index contributed by atoms with van der Waals surface area (Å²) >= 11 is 0. The van der Waals surface area contributed by atoms with Gasteiger partial charge in [-0.1, -0.05) is 0 Å². The summed E-state index contributed by atoms with van der Waals surface area (Å²) < 4.78 is 0. The molecule has 1 aliphatic heterocycles. The second-order valence-corrected chi connectivity index (χ2v) is 5.90. The Kier molecular flexibility index (Phi) is 7.34. The summed E-state index contributed by atoms with van der Waals surface area (Å²) in [4.78, 5) is 18.3. The van der Waals surface area contributed by atoms with E-state index in [1.807, 2.05) is 14.1 Å². The second-order valence-electron chi connectivity index (χ2n) is 5.90. The first-order chi connectivity index (χ1) is 9.02. The first-order valence-corrected chi connectivity index (χ1v) is 7.34. The second kappa shape index (κ2) is 8.51. The molecule has 1 heterocycles. The first-order valence-electron chi connectivity index (χ1n) is 7.34. The summed E-state index contributed by atoms with van der Waals surface area (Å²) in [5, 5.41) is 0. The molecular weight excluding hydrogens is 240 g/mol. The van der Waals surface area contributed by atoms with Crippen LogP contribution < -0.4 is 5.73 Å². The molecule has 0 bridgehead atoms. The van der Waals surface area contributed by atoms with E-state index >= 15 is 0 Å². The summed E-state index contributed by atoms with van der Waals surface area (Å²) in [7, 11) is 6.09. The minimum Gasteiger partial charge on any atom is -0.345 e. The maximum absolute atomic E-state index is 12.0. The van der Waals surface area contributed by atoms with E-state index in [0.717, 1.165) is 25.4 Å². The van der Waals surface area contributed by atoms with Crippen LogP contribution in [0, 0.1) is 5.92 Å². The van der Waals surface area contributed by atoms with E-state index in [9.17, 15) is 4.79 Å². The number of likely N-dealkylation sites (N-methyl/N-ethyl adjacent to an activating group) is 2. The molecule has 0 aromatic heterocycles. The van der Waals surface area contributed by atoms with Crippen molar-refractivity contribution in [3.63, 3.8) is 0 Å². The maximum atomic E-state index is 12.0. The standard InChI is InChI=1S/C14H30N4O/c1-16-9-5-13(6-10-16)11-17(2)12-14(19)18(3)8-4-7-15/h13H,4-12,15H2,1-3H3. The smallest absolute Gasteiger partial charge is 0.236 e. The van der Waals surface area contributed by atoms with E-state index in [4.69, 9.17) is 5.73 Å². The molecule has 0 radical (unpaired) electrons. The van der Waals surface area contributed by atoms with Crippen molar-refractivity contribution >= 4 is 5.91 Å². The Labute approximate surface area is 117 Å². The number of likely N-dealkylation sites (tertiary alicyclic amines) is 1. The summed E-state index contributed by atoms with van der Waals surface area (Å²) in [5.41, 5.74) is 5.46. The quantitative estimate of drug-likeness (QED) is 0.711. The van der Waals surface area contributed by atoms with Crippen LogP contribution in [0.2, 0.25) is 0 Å². The molecule has 0 spiro atoms. The molecule has 1 aliphatic rings. The Morgan fingerprint density at radius 2 is 1.95 bits per heavy atom. The molecule has 19 heavy (non-hydrogen) atoms. The molecule has 1 fully saturated rings. The number of piperidine rings is 1. The van der Waals surface area contributed by atoms with Gasteiger partial charge in [-0.25, -0.2) is 0 Å². The largest absolute Gasteiger partial charge is 0.345 e. The van der Waals surface area contributed by atoms with Gasteiger partial charge in [0, 0.05) is 20.1 Å². The zero-order valence-corrected chi connectivity index (χ0v) is 12.8. The van der Waals surface area contributed by atoms with Crippen molar-refractivity contribution in [2.24, 2.45) is 11.7 Å². The number of nitrogens with two attached hydrogens (primary N) is 1. The van der Waals surface area contributed by atoms with E-state index in [0.29, 0.717) is 13.1 Å². The van der Waals surface area contributed by atoms with Gasteiger partial charge in [0.25, 0.3) is 0 Å². The van der Waals surface area contributed by atoms with E-state index in [-0.39, 0.29) is 5.91 Å². The van der Waals surface area contributed by atoms with Gasteiger partial charge in [-0.2, -0.15) is 0 Å². The monoisotopic (exact) mass is 270 g/mol. The van der Waals surface area contributed by atoms with Crippen molar-refractivity contribution in [1.82, 2.24) is 14.7 Å². The van der Waals surface area contributed by atoms with Crippen LogP contribution in [0.15, 0.2) is 0 Å². The lowest BCUT2D eigenvalue weighted by Gasteiger charge is -2.32. The van der Waals surface area contributed by atoms with Crippen LogP contribution in [0.4, 0.5) is 0 Å². The Morgan fingerprint density at radius 1 is 1.32 bits per heavy atom. The molecule has 5 nitrogen and oxygen atoms in total. The van der Waals surface area contributed by atoms with Crippen molar-refractivity contribution < 1.29 is 4.79 Å². The van der Waals surface area contributed by atoms with E-state index < -0.39 is 0 Å². The van der Waals surface area contributed by atoms with Crippen molar-refractivity contribution in [3.8, 4) is 0 Å². The molecule has 5 heteroatoms. The van der Waals surface area contributed by atoms with Crippen molar-refractivity contribution in [2.45, 2.75) is 19.3 Å². The Bertz CT molecular complexity index is 264. The highest BCUT2D eigenvalue weighted by molar-refractivity contribution is 5.77. The first kappa shape index (κ1) is 16.4. The fourth-order valence-corrected chi connectivity index (χ4v) is 2.55. The minimum atomic E-state index is 0.198. The van der Waals surface area contributed by atoms with Crippen LogP contribution in [-0.4, -0.2) is 81.0 Å². The summed E-state index contributed by atoms with van der Waals surface area (Å²) in [6.45, 7) is 5.32. The van der Waals surface area contributed by atoms with Gasteiger partial charge in [-0.15, -0.1) is 0 Å². The minimum absolute atomic E-state index is 0.198. The van der Waals surface area contributed by atoms with Crippen molar-refractivity contribution in [3.05, 3.63) is 0 Å². The Hall–Kier alpha value is -0.650. The molecule has 0 unspecified atom stereocenters. The molecule has 0 saturated carbocycles. The number of rotatable bonds is 7. The average molecular weight is 270 g/mol. The molecule has 1 rings (SSSR count). The van der Waals surface area contributed by atoms with Crippen LogP contribution in [0.1, 0.15) is 19.3 Å². The zero-order valence-electron chi connectivity index (χ0n) is 12.8. The molecule has 112 valence electrons. The predicted molar refractivity (Wildman–Crippen MR) is 79.0 cm³/mol. The molecule has 1 saturated heterocycles.